The Morgan fingerprint density at radius 3 is 2.42 bits per heavy atom. The number of methoxy groups -OCH3 is 1. The van der Waals surface area contributed by atoms with Crippen molar-refractivity contribution in [1.82, 2.24) is 9.80 Å². The number of nitrogens with zero attached hydrogens (tertiary/aromatic N) is 2. The third-order valence-electron chi connectivity index (χ3n) is 6.67. The molecule has 0 aromatic heterocycles. The van der Waals surface area contributed by atoms with Crippen LogP contribution < -0.4 is 14.2 Å². The van der Waals surface area contributed by atoms with Crippen molar-refractivity contribution in [2.45, 2.75) is 31.8 Å². The van der Waals surface area contributed by atoms with Gasteiger partial charge in [-0.05, 0) is 49.2 Å². The molecule has 2 aliphatic rings. The van der Waals surface area contributed by atoms with Gasteiger partial charge in [-0.1, -0.05) is 18.2 Å². The van der Waals surface area contributed by atoms with Crippen molar-refractivity contribution in [2.75, 3.05) is 34.0 Å². The highest BCUT2D eigenvalue weighted by molar-refractivity contribution is 5.79. The van der Waals surface area contributed by atoms with Crippen molar-refractivity contribution < 1.29 is 28.9 Å². The Hall–Kier alpha value is -3.26. The van der Waals surface area contributed by atoms with E-state index in [0.717, 1.165) is 11.1 Å². The zero-order valence-electron chi connectivity index (χ0n) is 19.4. The maximum absolute atomic E-state index is 13.0. The summed E-state index contributed by atoms with van der Waals surface area (Å²) in [4.78, 5) is 29.2. The van der Waals surface area contributed by atoms with Crippen LogP contribution in [0.25, 0.3) is 0 Å². The molecular weight excluding hydrogens is 424 g/mol. The maximum Gasteiger partial charge on any atom is 0.309 e. The van der Waals surface area contributed by atoms with E-state index in [0.29, 0.717) is 23.8 Å². The van der Waals surface area contributed by atoms with Gasteiger partial charge >= 0.3 is 5.97 Å². The van der Waals surface area contributed by atoms with Crippen molar-refractivity contribution in [1.29, 1.82) is 0 Å². The number of fused-ring (bicyclic) bond motifs is 1. The van der Waals surface area contributed by atoms with Crippen LogP contribution in [0.4, 0.5) is 0 Å². The molecule has 2 aromatic rings. The summed E-state index contributed by atoms with van der Waals surface area (Å²) in [7, 11) is 3.36. The molecule has 2 aliphatic heterocycles. The summed E-state index contributed by atoms with van der Waals surface area (Å²) in [5.74, 6) is -0.0347. The fourth-order valence-electron chi connectivity index (χ4n) is 4.65. The minimum atomic E-state index is -0.898. The third-order valence-corrected chi connectivity index (χ3v) is 6.67. The molecule has 0 radical (unpaired) electrons. The van der Waals surface area contributed by atoms with Crippen LogP contribution in [-0.4, -0.2) is 66.9 Å². The lowest BCUT2D eigenvalue weighted by atomic mass is 9.82. The lowest BCUT2D eigenvalue weighted by Crippen LogP contribution is -2.42. The Bertz CT molecular complexity index is 1020. The molecule has 0 spiro atoms. The fourth-order valence-corrected chi connectivity index (χ4v) is 4.65. The topological polar surface area (TPSA) is 88.5 Å². The van der Waals surface area contributed by atoms with Crippen LogP contribution in [0, 0.1) is 5.92 Å². The molecule has 1 N–H and O–H groups in total. The molecule has 176 valence electrons. The van der Waals surface area contributed by atoms with Crippen LogP contribution in [0.2, 0.25) is 0 Å². The smallest absolute Gasteiger partial charge is 0.309 e. The van der Waals surface area contributed by atoms with Crippen LogP contribution in [0.1, 0.15) is 36.9 Å². The number of aliphatic carboxylic acids is 1. The second kappa shape index (κ2) is 9.31. The first-order valence-corrected chi connectivity index (χ1v) is 11.1. The number of carboxylic acids is 1. The summed E-state index contributed by atoms with van der Waals surface area (Å²) in [6, 6.07) is 12.6. The van der Waals surface area contributed by atoms with Crippen LogP contribution in [0.15, 0.2) is 42.5 Å². The number of carbonyl (C=O) groups excluding carboxylic acids is 1. The van der Waals surface area contributed by atoms with Gasteiger partial charge < -0.3 is 24.2 Å². The lowest BCUT2D eigenvalue weighted by molar-refractivity contribution is -0.144. The second-order valence-corrected chi connectivity index (χ2v) is 8.83. The van der Waals surface area contributed by atoms with E-state index in [1.807, 2.05) is 61.2 Å². The van der Waals surface area contributed by atoms with E-state index >= 15 is 0 Å². The number of amides is 1. The Balaban J connectivity index is 1.72. The van der Waals surface area contributed by atoms with Gasteiger partial charge in [0, 0.05) is 31.6 Å². The number of carboxylic acid groups (broad SMARTS) is 1. The van der Waals surface area contributed by atoms with Crippen molar-refractivity contribution in [3.8, 4) is 17.2 Å². The largest absolute Gasteiger partial charge is 0.497 e. The van der Waals surface area contributed by atoms with E-state index < -0.39 is 17.9 Å². The molecule has 33 heavy (non-hydrogen) atoms. The lowest BCUT2D eigenvalue weighted by Gasteiger charge is -2.29. The molecule has 0 bridgehead atoms. The number of likely N-dealkylation sites (tertiary alicyclic amines) is 1. The molecule has 1 fully saturated rings. The molecule has 0 saturated carbocycles. The standard InChI is InChI=1S/C25H30N2O6/c1-15(2)26(3)22(28)13-27-12-19(17-7-10-20-21(11-17)33-14-32-20)23(25(29)30)24(27)16-5-8-18(31-4)9-6-16/h5-11,15,19,23-24H,12-14H2,1-4H3,(H,29,30)/t19?,23-,24+/m0/s1. The second-order valence-electron chi connectivity index (χ2n) is 8.83. The van der Waals surface area contributed by atoms with Crippen LogP contribution in [0.5, 0.6) is 17.2 Å². The summed E-state index contributed by atoms with van der Waals surface area (Å²) in [5, 5.41) is 10.3. The first kappa shape index (κ1) is 22.9. The number of carbonyl (C=O) groups is 2. The van der Waals surface area contributed by atoms with Crippen LogP contribution in [-0.2, 0) is 9.59 Å². The average molecular weight is 455 g/mol. The summed E-state index contributed by atoms with van der Waals surface area (Å²) in [6.45, 7) is 4.64. The molecule has 1 saturated heterocycles. The average Bonchev–Trinajstić information content (AvgIpc) is 3.42. The number of rotatable bonds is 7. The molecular formula is C25H30N2O6. The van der Waals surface area contributed by atoms with Gasteiger partial charge in [0.2, 0.25) is 12.7 Å². The molecule has 1 unspecified atom stereocenters. The predicted octanol–water partition coefficient (Wildman–Crippen LogP) is 3.13. The van der Waals surface area contributed by atoms with Gasteiger partial charge in [-0.2, -0.15) is 0 Å². The molecule has 8 heteroatoms. The molecule has 1 amide bonds. The predicted molar refractivity (Wildman–Crippen MR) is 122 cm³/mol. The van der Waals surface area contributed by atoms with E-state index in [-0.39, 0.29) is 31.2 Å². The van der Waals surface area contributed by atoms with Crippen molar-refractivity contribution in [3.63, 3.8) is 0 Å². The number of hydrogen-bond acceptors (Lipinski definition) is 6. The normalized spacial score (nSPS) is 21.9. The molecule has 2 aromatic carbocycles. The number of benzene rings is 2. The SMILES string of the molecule is COc1ccc([C@@H]2[C@@H](C(=O)O)C(c3ccc4c(c3)OCO4)CN2CC(=O)N(C)C(C)C)cc1. The zero-order valence-corrected chi connectivity index (χ0v) is 19.4. The molecule has 2 heterocycles. The van der Waals surface area contributed by atoms with Crippen molar-refractivity contribution >= 4 is 11.9 Å². The van der Waals surface area contributed by atoms with Gasteiger partial charge in [-0.15, -0.1) is 0 Å². The Labute approximate surface area is 193 Å². The minimum absolute atomic E-state index is 0.0426. The van der Waals surface area contributed by atoms with Gasteiger partial charge in [0.05, 0.1) is 19.6 Å². The monoisotopic (exact) mass is 454 g/mol. The van der Waals surface area contributed by atoms with Gasteiger partial charge in [0.25, 0.3) is 0 Å². The summed E-state index contributed by atoms with van der Waals surface area (Å²) in [5.41, 5.74) is 1.70. The van der Waals surface area contributed by atoms with E-state index in [1.165, 1.54) is 0 Å². The highest BCUT2D eigenvalue weighted by Gasteiger charge is 2.48. The van der Waals surface area contributed by atoms with Gasteiger partial charge in [-0.3, -0.25) is 14.5 Å². The van der Waals surface area contributed by atoms with E-state index in [9.17, 15) is 14.7 Å². The van der Waals surface area contributed by atoms with Gasteiger partial charge in [0.15, 0.2) is 11.5 Å². The quantitative estimate of drug-likeness (QED) is 0.688. The van der Waals surface area contributed by atoms with E-state index in [1.54, 1.807) is 19.1 Å². The summed E-state index contributed by atoms with van der Waals surface area (Å²) < 4.78 is 16.2. The summed E-state index contributed by atoms with van der Waals surface area (Å²) >= 11 is 0. The maximum atomic E-state index is 13.0. The zero-order chi connectivity index (χ0) is 23.7. The van der Waals surface area contributed by atoms with Crippen LogP contribution in [0.3, 0.4) is 0 Å². The molecule has 0 aliphatic carbocycles. The Kier molecular flexibility index (Phi) is 6.47. The highest BCUT2D eigenvalue weighted by Crippen LogP contribution is 2.47. The van der Waals surface area contributed by atoms with Gasteiger partial charge in [-0.25, -0.2) is 0 Å². The minimum Gasteiger partial charge on any atom is -0.497 e. The van der Waals surface area contributed by atoms with Crippen molar-refractivity contribution in [2.24, 2.45) is 5.92 Å². The number of likely N-dealkylation sites (N-methyl/N-ethyl adjacent to an activating group) is 1. The Morgan fingerprint density at radius 2 is 1.79 bits per heavy atom. The highest BCUT2D eigenvalue weighted by atomic mass is 16.7. The van der Waals surface area contributed by atoms with Crippen molar-refractivity contribution in [3.05, 3.63) is 53.6 Å². The molecule has 4 rings (SSSR count). The fraction of sp³-hybridized carbons (Fsp3) is 0.440. The molecule has 8 nitrogen and oxygen atoms in total. The number of hydrogen-bond donors (Lipinski definition) is 1. The van der Waals surface area contributed by atoms with Crippen LogP contribution >= 0.6 is 0 Å². The number of ether oxygens (including phenoxy) is 3. The summed E-state index contributed by atoms with van der Waals surface area (Å²) in [6.07, 6.45) is 0. The van der Waals surface area contributed by atoms with E-state index in [2.05, 4.69) is 0 Å². The first-order chi connectivity index (χ1) is 15.8. The molecule has 3 atom stereocenters. The van der Waals surface area contributed by atoms with E-state index in [4.69, 9.17) is 14.2 Å². The van der Waals surface area contributed by atoms with Gasteiger partial charge in [0.1, 0.15) is 5.75 Å². The Morgan fingerprint density at radius 1 is 1.12 bits per heavy atom. The third kappa shape index (κ3) is 4.48. The first-order valence-electron chi connectivity index (χ1n) is 11.1.